The summed E-state index contributed by atoms with van der Waals surface area (Å²) in [5, 5.41) is 2.18. The molecule has 4 nitrogen and oxygen atoms in total. The number of aryl methyl sites for hydroxylation is 2. The third-order valence-corrected chi connectivity index (χ3v) is 4.69. The van der Waals surface area contributed by atoms with E-state index in [1.807, 2.05) is 0 Å². The molecule has 3 rings (SSSR count). The number of unbranched alkanes of at least 4 members (excludes halogenated alkanes) is 1. The molecule has 126 valence electrons. The molecule has 2 aromatic carbocycles. The number of para-hydroxylation sites is 4. The first-order valence-electron chi connectivity index (χ1n) is 8.73. The van der Waals surface area contributed by atoms with Gasteiger partial charge in [0, 0.05) is 19.7 Å². The van der Waals surface area contributed by atoms with Crippen LogP contribution in [-0.2, 0) is 13.6 Å². The Balaban J connectivity index is 1.57. The first-order chi connectivity index (χ1) is 11.7. The highest BCUT2D eigenvalue weighted by Crippen LogP contribution is 2.20. The van der Waals surface area contributed by atoms with Crippen LogP contribution < -0.4 is 14.8 Å². The molecule has 4 heteroatoms. The van der Waals surface area contributed by atoms with Gasteiger partial charge >= 0.3 is 0 Å². The Kier molecular flexibility index (Phi) is 5.16. The highest BCUT2D eigenvalue weighted by Gasteiger charge is 2.12. The van der Waals surface area contributed by atoms with Crippen LogP contribution in [0.15, 0.2) is 54.9 Å². The van der Waals surface area contributed by atoms with E-state index in [4.69, 9.17) is 0 Å². The topological polar surface area (TPSA) is 28.7 Å². The zero-order chi connectivity index (χ0) is 16.9. The van der Waals surface area contributed by atoms with Crippen LogP contribution in [0.5, 0.6) is 0 Å². The van der Waals surface area contributed by atoms with Crippen molar-refractivity contribution >= 4 is 22.4 Å². The number of fused-ring (bicyclic) bond motifs is 1. The molecule has 0 saturated heterocycles. The minimum absolute atomic E-state index is 1.07. The predicted molar refractivity (Wildman–Crippen MR) is 99.6 cm³/mol. The summed E-state index contributed by atoms with van der Waals surface area (Å²) in [4.78, 5) is 2.36. The van der Waals surface area contributed by atoms with Crippen molar-refractivity contribution in [1.82, 2.24) is 4.57 Å². The molecule has 0 radical (unpaired) electrons. The predicted octanol–water partition coefficient (Wildman–Crippen LogP) is 2.21. The molecule has 0 aliphatic heterocycles. The number of quaternary nitrogens is 1. The lowest BCUT2D eigenvalue weighted by atomic mass is 10.2. The molecule has 1 aromatic heterocycles. The fourth-order valence-electron chi connectivity index (χ4n) is 3.35. The monoisotopic (exact) mass is 324 g/mol. The summed E-state index contributed by atoms with van der Waals surface area (Å²) < 4.78 is 4.57. The molecule has 0 saturated carbocycles. The normalized spacial score (nSPS) is 11.1. The van der Waals surface area contributed by atoms with Crippen LogP contribution in [0, 0.1) is 0 Å². The van der Waals surface area contributed by atoms with Crippen molar-refractivity contribution in [2.24, 2.45) is 7.05 Å². The molecule has 24 heavy (non-hydrogen) atoms. The van der Waals surface area contributed by atoms with Crippen LogP contribution in [0.3, 0.4) is 0 Å². The Morgan fingerprint density at radius 2 is 1.79 bits per heavy atom. The second kappa shape index (κ2) is 7.49. The van der Waals surface area contributed by atoms with Crippen LogP contribution in [0.25, 0.3) is 11.0 Å². The van der Waals surface area contributed by atoms with E-state index in [0.717, 1.165) is 13.1 Å². The highest BCUT2D eigenvalue weighted by atomic mass is 15.1. The Labute approximate surface area is 144 Å². The second-order valence-corrected chi connectivity index (χ2v) is 6.38. The molecule has 0 aliphatic rings. The molecular formula is C20H28N4+2. The Bertz CT molecular complexity index is 806. The number of rotatable bonds is 7. The summed E-state index contributed by atoms with van der Waals surface area (Å²) in [5.74, 6) is 0. The molecule has 0 spiro atoms. The van der Waals surface area contributed by atoms with Gasteiger partial charge in [-0.25, -0.2) is 9.13 Å². The zero-order valence-electron chi connectivity index (χ0n) is 14.9. The Morgan fingerprint density at radius 3 is 2.62 bits per heavy atom. The van der Waals surface area contributed by atoms with E-state index < -0.39 is 0 Å². The molecule has 0 aliphatic carbocycles. The zero-order valence-corrected chi connectivity index (χ0v) is 14.9. The third-order valence-electron chi connectivity index (χ3n) is 4.69. The van der Waals surface area contributed by atoms with Gasteiger partial charge in [-0.1, -0.05) is 24.3 Å². The van der Waals surface area contributed by atoms with Gasteiger partial charge in [0.25, 0.3) is 0 Å². The van der Waals surface area contributed by atoms with Crippen molar-refractivity contribution in [2.75, 3.05) is 25.5 Å². The van der Waals surface area contributed by atoms with Gasteiger partial charge in [0.05, 0.1) is 26.3 Å². The SMILES string of the molecule is C[NH2+]c1ccccc1N(C)CCCCn1c[n+](C)c2ccccc21. The Morgan fingerprint density at radius 1 is 1.04 bits per heavy atom. The maximum atomic E-state index is 2.36. The average molecular weight is 324 g/mol. The van der Waals surface area contributed by atoms with Crippen molar-refractivity contribution < 1.29 is 9.88 Å². The van der Waals surface area contributed by atoms with Crippen LogP contribution in [0.4, 0.5) is 11.4 Å². The van der Waals surface area contributed by atoms with Gasteiger partial charge in [-0.15, -0.1) is 0 Å². The number of hydrogen-bond donors (Lipinski definition) is 1. The van der Waals surface area contributed by atoms with Gasteiger partial charge in [-0.3, -0.25) is 0 Å². The van der Waals surface area contributed by atoms with Crippen molar-refractivity contribution in [3.05, 3.63) is 54.9 Å². The quantitative estimate of drug-likeness (QED) is 0.403. The summed E-state index contributed by atoms with van der Waals surface area (Å²) in [6.07, 6.45) is 4.57. The molecule has 3 aromatic rings. The van der Waals surface area contributed by atoms with E-state index in [-0.39, 0.29) is 0 Å². The van der Waals surface area contributed by atoms with E-state index in [1.165, 1.54) is 35.2 Å². The fraction of sp³-hybridized carbons (Fsp3) is 0.350. The van der Waals surface area contributed by atoms with Crippen molar-refractivity contribution in [3.8, 4) is 0 Å². The average Bonchev–Trinajstić information content (AvgIpc) is 2.95. The van der Waals surface area contributed by atoms with Gasteiger partial charge in [-0.05, 0) is 31.0 Å². The smallest absolute Gasteiger partial charge is 0.244 e. The summed E-state index contributed by atoms with van der Waals surface area (Å²) in [7, 11) is 6.40. The number of aromatic nitrogens is 2. The standard InChI is InChI=1S/C20H27N4/c1-21-17-10-4-5-11-18(17)22(2)14-8-9-15-24-16-23(3)19-12-6-7-13-20(19)24/h4-7,10-13,16,21H,8-9,14-15H2,1-3H3/q+1/p+1. The number of nitrogens with zero attached hydrogens (tertiary/aromatic N) is 3. The van der Waals surface area contributed by atoms with Gasteiger partial charge in [0.1, 0.15) is 0 Å². The van der Waals surface area contributed by atoms with E-state index in [1.54, 1.807) is 0 Å². The van der Waals surface area contributed by atoms with Crippen molar-refractivity contribution in [3.63, 3.8) is 0 Å². The lowest BCUT2D eigenvalue weighted by Gasteiger charge is -2.20. The van der Waals surface area contributed by atoms with Crippen molar-refractivity contribution in [2.45, 2.75) is 19.4 Å². The lowest BCUT2D eigenvalue weighted by molar-refractivity contribution is -0.645. The third kappa shape index (κ3) is 3.44. The van der Waals surface area contributed by atoms with Gasteiger partial charge < -0.3 is 10.2 Å². The maximum Gasteiger partial charge on any atom is 0.244 e. The molecule has 1 heterocycles. The molecule has 0 atom stereocenters. The van der Waals surface area contributed by atoms with E-state index >= 15 is 0 Å². The van der Waals surface area contributed by atoms with Gasteiger partial charge in [0.2, 0.25) is 6.33 Å². The minimum Gasteiger partial charge on any atom is -0.370 e. The van der Waals surface area contributed by atoms with E-state index in [2.05, 4.69) is 95.4 Å². The molecule has 0 unspecified atom stereocenters. The number of benzene rings is 2. The maximum absolute atomic E-state index is 2.36. The van der Waals surface area contributed by atoms with Crippen LogP contribution in [-0.4, -0.2) is 25.2 Å². The summed E-state index contributed by atoms with van der Waals surface area (Å²) in [6, 6.07) is 17.2. The molecular weight excluding hydrogens is 296 g/mol. The number of nitrogens with two attached hydrogens (primary N) is 1. The first kappa shape index (κ1) is 16.5. The van der Waals surface area contributed by atoms with Gasteiger partial charge in [0.15, 0.2) is 16.7 Å². The number of imidazole rings is 1. The first-order valence-corrected chi connectivity index (χ1v) is 8.73. The summed E-state index contributed by atoms with van der Waals surface area (Å²) >= 11 is 0. The number of anilines is 1. The van der Waals surface area contributed by atoms with Gasteiger partial charge in [-0.2, -0.15) is 0 Å². The van der Waals surface area contributed by atoms with Crippen LogP contribution >= 0.6 is 0 Å². The number of hydrogen-bond acceptors (Lipinski definition) is 1. The van der Waals surface area contributed by atoms with Crippen molar-refractivity contribution in [1.29, 1.82) is 0 Å². The molecule has 0 bridgehead atoms. The van der Waals surface area contributed by atoms with Crippen LogP contribution in [0.1, 0.15) is 12.8 Å². The second-order valence-electron chi connectivity index (χ2n) is 6.38. The van der Waals surface area contributed by atoms with E-state index in [0.29, 0.717) is 0 Å². The molecule has 0 amide bonds. The summed E-state index contributed by atoms with van der Waals surface area (Å²) in [5.41, 5.74) is 5.24. The van der Waals surface area contributed by atoms with E-state index in [9.17, 15) is 0 Å². The highest BCUT2D eigenvalue weighted by molar-refractivity contribution is 5.71. The summed E-state index contributed by atoms with van der Waals surface area (Å²) in [6.45, 7) is 2.15. The largest absolute Gasteiger partial charge is 0.370 e. The van der Waals surface area contributed by atoms with Crippen LogP contribution in [0.2, 0.25) is 0 Å². The molecule has 2 N–H and O–H groups in total. The minimum atomic E-state index is 1.07. The molecule has 0 fully saturated rings. The lowest BCUT2D eigenvalue weighted by Crippen LogP contribution is -2.73. The fourth-order valence-corrected chi connectivity index (χ4v) is 3.35. The Hall–Kier alpha value is -2.33.